The number of para-hydroxylation sites is 6. The molecule has 1 atom stereocenters. The molecule has 13 aromatic rings. The summed E-state index contributed by atoms with van der Waals surface area (Å²) in [7, 11) is 0. The van der Waals surface area contributed by atoms with Gasteiger partial charge in [-0.05, 0) is 97.6 Å². The molecule has 0 radical (unpaired) electrons. The fourth-order valence-electron chi connectivity index (χ4n) is 11.4. The predicted octanol–water partition coefficient (Wildman–Crippen LogP) is 16.2. The van der Waals surface area contributed by atoms with Crippen LogP contribution in [0.25, 0.3) is 117 Å². The van der Waals surface area contributed by atoms with E-state index in [1.807, 2.05) is 6.07 Å². The quantitative estimate of drug-likeness (QED) is 0.149. The van der Waals surface area contributed by atoms with E-state index in [4.69, 9.17) is 4.42 Å². The number of hydrogen-bond donors (Lipinski definition) is 0. The van der Waals surface area contributed by atoms with Gasteiger partial charge >= 0.3 is 0 Å². The van der Waals surface area contributed by atoms with E-state index in [-0.39, 0.29) is 6.04 Å². The Morgan fingerprint density at radius 1 is 0.377 bits per heavy atom. The lowest BCUT2D eigenvalue weighted by Crippen LogP contribution is -2.39. The van der Waals surface area contributed by atoms with Gasteiger partial charge in [0.15, 0.2) is 0 Å². The first-order valence-electron chi connectivity index (χ1n) is 23.9. The number of rotatable bonds is 7. The zero-order chi connectivity index (χ0) is 45.4. The first-order valence-corrected chi connectivity index (χ1v) is 23.9. The Bertz CT molecular complexity index is 4240. The first kappa shape index (κ1) is 39.3. The van der Waals surface area contributed by atoms with Gasteiger partial charge in [-0.1, -0.05) is 206 Å². The van der Waals surface area contributed by atoms with Gasteiger partial charge in [0, 0.05) is 49.6 Å². The second-order valence-corrected chi connectivity index (χ2v) is 18.3. The van der Waals surface area contributed by atoms with Crippen LogP contribution in [0.4, 0.5) is 11.4 Å². The first-order chi connectivity index (χ1) is 34.2. The third kappa shape index (κ3) is 6.28. The average molecular weight is 881 g/mol. The van der Waals surface area contributed by atoms with Crippen molar-refractivity contribution < 1.29 is 4.42 Å². The summed E-state index contributed by atoms with van der Waals surface area (Å²) in [4.78, 5) is 2.57. The number of anilines is 2. The van der Waals surface area contributed by atoms with Crippen LogP contribution in [0, 0.1) is 0 Å². The fourth-order valence-corrected chi connectivity index (χ4v) is 11.4. The lowest BCUT2D eigenvalue weighted by molar-refractivity contribution is 0.670. The van der Waals surface area contributed by atoms with E-state index in [9.17, 15) is 0 Å². The molecule has 0 aliphatic heterocycles. The Balaban J connectivity index is 0.910. The Hall–Kier alpha value is -8.92. The molecule has 11 aromatic carbocycles. The summed E-state index contributed by atoms with van der Waals surface area (Å²) in [5.41, 5.74) is 14.6. The zero-order valence-corrected chi connectivity index (χ0v) is 37.8. The maximum atomic E-state index is 6.52. The number of fused-ring (bicyclic) bond motifs is 12. The molecule has 2 heterocycles. The number of benzene rings is 11. The van der Waals surface area contributed by atoms with E-state index >= 15 is 0 Å². The van der Waals surface area contributed by atoms with Crippen molar-refractivity contribution in [1.29, 1.82) is 0 Å². The van der Waals surface area contributed by atoms with Crippen molar-refractivity contribution in [3.8, 4) is 39.1 Å². The van der Waals surface area contributed by atoms with E-state index in [0.717, 1.165) is 50.9 Å². The van der Waals surface area contributed by atoms with E-state index in [0.29, 0.717) is 0 Å². The second-order valence-electron chi connectivity index (χ2n) is 18.3. The van der Waals surface area contributed by atoms with Crippen LogP contribution in [0.5, 0.6) is 0 Å². The van der Waals surface area contributed by atoms with Gasteiger partial charge in [-0.2, -0.15) is 0 Å². The van der Waals surface area contributed by atoms with Crippen molar-refractivity contribution in [2.24, 2.45) is 0 Å². The van der Waals surface area contributed by atoms with Crippen LogP contribution in [-0.2, 0) is 0 Å². The molecule has 0 bridgehead atoms. The van der Waals surface area contributed by atoms with Gasteiger partial charge in [-0.25, -0.2) is 0 Å². The highest BCUT2D eigenvalue weighted by molar-refractivity contribution is 6.11. The van der Waals surface area contributed by atoms with Crippen LogP contribution < -0.4 is 15.3 Å². The van der Waals surface area contributed by atoms with Gasteiger partial charge in [0.1, 0.15) is 11.2 Å². The molecule has 0 spiro atoms. The molecule has 14 rings (SSSR count). The van der Waals surface area contributed by atoms with Crippen LogP contribution in [0.1, 0.15) is 6.42 Å². The van der Waals surface area contributed by atoms with Crippen molar-refractivity contribution in [3.05, 3.63) is 247 Å². The Morgan fingerprint density at radius 3 is 1.58 bits per heavy atom. The van der Waals surface area contributed by atoms with Crippen molar-refractivity contribution in [2.45, 2.75) is 12.5 Å². The van der Waals surface area contributed by atoms with E-state index in [1.54, 1.807) is 0 Å². The molecule has 0 amide bonds. The second kappa shape index (κ2) is 15.9. The Labute approximate surface area is 399 Å². The molecule has 1 unspecified atom stereocenters. The minimum absolute atomic E-state index is 0.0326. The summed E-state index contributed by atoms with van der Waals surface area (Å²) in [5, 5.41) is 12.6. The average Bonchev–Trinajstić information content (AvgIpc) is 3.98. The molecule has 0 saturated heterocycles. The van der Waals surface area contributed by atoms with Crippen molar-refractivity contribution in [3.63, 3.8) is 0 Å². The lowest BCUT2D eigenvalue weighted by Gasteiger charge is -2.34. The fraction of sp³-hybridized carbons (Fsp3) is 0.0303. The highest BCUT2D eigenvalue weighted by Gasteiger charge is 2.25. The standard InChI is InChI=1S/C66H44N2O/c1-2-20-53-51(18-1)52-19-3-4-21-54(52)60-42-47(40-41-55(53)60)67(46-38-36-45(37-39-46)50-25-15-26-59-58-24-9-14-31-65(58)69-66(50)59)61-27-10-5-16-48(61)43-32-34-44(35-33-43)49-17-6-11-28-62(49)68-63-29-12-7-22-56(63)57-23-8-13-30-64(57)68/h1-39,41-42,47H,40H2. The predicted molar refractivity (Wildman–Crippen MR) is 291 cm³/mol. The minimum atomic E-state index is 0.0326. The number of furan rings is 1. The monoisotopic (exact) mass is 880 g/mol. The summed E-state index contributed by atoms with van der Waals surface area (Å²) in [6.45, 7) is 0. The van der Waals surface area contributed by atoms with Gasteiger partial charge in [-0.3, -0.25) is 0 Å². The highest BCUT2D eigenvalue weighted by atomic mass is 16.3. The summed E-state index contributed by atoms with van der Waals surface area (Å²) in [5.74, 6) is 0. The van der Waals surface area contributed by atoms with Crippen molar-refractivity contribution >= 4 is 88.8 Å². The maximum absolute atomic E-state index is 6.52. The van der Waals surface area contributed by atoms with E-state index in [2.05, 4.69) is 252 Å². The van der Waals surface area contributed by atoms with Gasteiger partial charge in [0.05, 0.1) is 22.8 Å². The summed E-state index contributed by atoms with van der Waals surface area (Å²) < 4.78 is 8.94. The topological polar surface area (TPSA) is 21.3 Å². The lowest BCUT2D eigenvalue weighted by atomic mass is 9.91. The highest BCUT2D eigenvalue weighted by Crippen LogP contribution is 2.42. The normalized spacial score (nSPS) is 13.5. The molecule has 0 N–H and O–H groups in total. The van der Waals surface area contributed by atoms with Crippen LogP contribution in [-0.4, -0.2) is 10.6 Å². The molecule has 1 aliphatic carbocycles. The van der Waals surface area contributed by atoms with Crippen molar-refractivity contribution in [2.75, 3.05) is 4.90 Å². The van der Waals surface area contributed by atoms with Gasteiger partial charge in [-0.15, -0.1) is 0 Å². The molecule has 3 nitrogen and oxygen atoms in total. The van der Waals surface area contributed by atoms with Crippen LogP contribution in [0.2, 0.25) is 0 Å². The zero-order valence-electron chi connectivity index (χ0n) is 37.8. The van der Waals surface area contributed by atoms with Gasteiger partial charge < -0.3 is 13.9 Å². The molecule has 0 saturated carbocycles. The van der Waals surface area contributed by atoms with Gasteiger partial charge in [0.25, 0.3) is 0 Å². The van der Waals surface area contributed by atoms with Crippen LogP contribution in [0.15, 0.2) is 241 Å². The third-order valence-electron chi connectivity index (χ3n) is 14.5. The SMILES string of the molecule is C1=c2c(c3ccccc3c3ccccc23)=CC(N(c2ccc(-c3cccc4c3oc3ccccc34)cc2)c2ccccc2-c2ccc(-c3ccccc3-n3c4ccccc4c4ccccc43)cc2)C1. The van der Waals surface area contributed by atoms with Crippen LogP contribution in [0.3, 0.4) is 0 Å². The van der Waals surface area contributed by atoms with E-state index in [1.165, 1.54) is 81.7 Å². The Kier molecular flexibility index (Phi) is 9.03. The minimum Gasteiger partial charge on any atom is -0.455 e. The summed E-state index contributed by atoms with van der Waals surface area (Å²) in [6, 6.07) is 86.1. The number of aromatic nitrogens is 1. The maximum Gasteiger partial charge on any atom is 0.143 e. The summed E-state index contributed by atoms with van der Waals surface area (Å²) >= 11 is 0. The molecule has 324 valence electrons. The molecular weight excluding hydrogens is 837 g/mol. The molecule has 69 heavy (non-hydrogen) atoms. The molecule has 3 heteroatoms. The molecule has 1 aliphatic rings. The Morgan fingerprint density at radius 2 is 0.870 bits per heavy atom. The van der Waals surface area contributed by atoms with Crippen molar-refractivity contribution in [1.82, 2.24) is 4.57 Å². The summed E-state index contributed by atoms with van der Waals surface area (Å²) in [6.07, 6.45) is 5.85. The largest absolute Gasteiger partial charge is 0.455 e. The van der Waals surface area contributed by atoms with E-state index < -0.39 is 0 Å². The smallest absolute Gasteiger partial charge is 0.143 e. The number of hydrogen-bond acceptors (Lipinski definition) is 2. The molecular formula is C66H44N2O. The molecule has 2 aromatic heterocycles. The number of nitrogens with zero attached hydrogens (tertiary/aromatic N) is 2. The van der Waals surface area contributed by atoms with Crippen LogP contribution >= 0.6 is 0 Å². The third-order valence-corrected chi connectivity index (χ3v) is 14.5. The van der Waals surface area contributed by atoms with Gasteiger partial charge in [0.2, 0.25) is 0 Å². The molecule has 0 fully saturated rings.